The largest absolute Gasteiger partial charge is 0.497 e. The fourth-order valence-corrected chi connectivity index (χ4v) is 5.35. The number of methoxy groups -OCH3 is 1. The minimum absolute atomic E-state index is 0.234. The number of ether oxygens (including phenoxy) is 1. The van der Waals surface area contributed by atoms with Crippen molar-refractivity contribution in [2.24, 2.45) is 4.40 Å². The number of sulfonamides is 1. The second kappa shape index (κ2) is 6.31. The van der Waals surface area contributed by atoms with Crippen LogP contribution in [-0.2, 0) is 16.6 Å². The van der Waals surface area contributed by atoms with Gasteiger partial charge in [0.05, 0.1) is 17.3 Å². The van der Waals surface area contributed by atoms with E-state index < -0.39 is 10.0 Å². The van der Waals surface area contributed by atoms with Crippen molar-refractivity contribution in [3.05, 3.63) is 53.2 Å². The maximum absolute atomic E-state index is 12.4. The maximum atomic E-state index is 12.4. The Kier molecular flexibility index (Phi) is 4.38. The van der Waals surface area contributed by atoms with Gasteiger partial charge >= 0.3 is 0 Å². The lowest BCUT2D eigenvalue weighted by molar-refractivity contribution is 0.415. The average Bonchev–Trinajstić information content (AvgIpc) is 3.16. The Morgan fingerprint density at radius 2 is 2.22 bits per heavy atom. The van der Waals surface area contributed by atoms with Gasteiger partial charge in [-0.3, -0.25) is 0 Å². The molecule has 0 saturated carbocycles. The summed E-state index contributed by atoms with van der Waals surface area (Å²) in [6.07, 6.45) is 1.72. The van der Waals surface area contributed by atoms with Crippen LogP contribution in [0.2, 0.25) is 0 Å². The Morgan fingerprint density at radius 3 is 2.87 bits per heavy atom. The van der Waals surface area contributed by atoms with Crippen LogP contribution in [0.15, 0.2) is 57.0 Å². The molecule has 2 heterocycles. The van der Waals surface area contributed by atoms with Crippen molar-refractivity contribution in [3.63, 3.8) is 0 Å². The third kappa shape index (κ3) is 3.10. The van der Waals surface area contributed by atoms with Crippen LogP contribution in [0.1, 0.15) is 0 Å². The molecule has 0 N–H and O–H groups in total. The molecule has 0 spiro atoms. The second-order valence-corrected chi connectivity index (χ2v) is 8.40. The number of fused-ring (bicyclic) bond motifs is 1. The van der Waals surface area contributed by atoms with Crippen molar-refractivity contribution in [2.75, 3.05) is 7.11 Å². The molecule has 0 unspecified atom stereocenters. The highest BCUT2D eigenvalue weighted by Crippen LogP contribution is 2.24. The zero-order valence-electron chi connectivity index (χ0n) is 12.3. The summed E-state index contributed by atoms with van der Waals surface area (Å²) in [7, 11) is -2.11. The fourth-order valence-electron chi connectivity index (χ4n) is 2.11. The van der Waals surface area contributed by atoms with Crippen LogP contribution in [0.3, 0.4) is 0 Å². The standard InChI is InChI=1S/C15H14N2O3S3/c1-3-8-17-12-7-6-11(20-2)10-13(12)22-15(17)16-23(18,19)14-5-4-9-21-14/h3-7,9-10H,1,8H2,2H3. The Hall–Kier alpha value is -1.90. The van der Waals surface area contributed by atoms with Crippen molar-refractivity contribution in [1.82, 2.24) is 4.57 Å². The van der Waals surface area contributed by atoms with Crippen molar-refractivity contribution < 1.29 is 13.2 Å². The Balaban J connectivity index is 2.25. The van der Waals surface area contributed by atoms with E-state index in [1.807, 2.05) is 22.8 Å². The number of rotatable bonds is 5. The van der Waals surface area contributed by atoms with E-state index in [1.54, 1.807) is 30.7 Å². The average molecular weight is 366 g/mol. The van der Waals surface area contributed by atoms with Crippen LogP contribution >= 0.6 is 22.7 Å². The lowest BCUT2D eigenvalue weighted by Crippen LogP contribution is -2.16. The molecular weight excluding hydrogens is 352 g/mol. The van der Waals surface area contributed by atoms with Gasteiger partial charge in [0.25, 0.3) is 10.0 Å². The Labute approximate surface area is 141 Å². The van der Waals surface area contributed by atoms with Crippen LogP contribution in [0.25, 0.3) is 10.2 Å². The predicted molar refractivity (Wildman–Crippen MR) is 93.6 cm³/mol. The molecule has 23 heavy (non-hydrogen) atoms. The third-order valence-electron chi connectivity index (χ3n) is 3.15. The molecular formula is C15H14N2O3S3. The van der Waals surface area contributed by atoms with Crippen LogP contribution in [-0.4, -0.2) is 20.1 Å². The van der Waals surface area contributed by atoms with Gasteiger partial charge in [-0.05, 0) is 29.6 Å². The van der Waals surface area contributed by atoms with E-state index in [0.717, 1.165) is 27.3 Å². The molecule has 3 aromatic rings. The molecule has 120 valence electrons. The molecule has 0 radical (unpaired) electrons. The lowest BCUT2D eigenvalue weighted by atomic mass is 10.3. The van der Waals surface area contributed by atoms with Crippen LogP contribution < -0.4 is 9.54 Å². The number of hydrogen-bond donors (Lipinski definition) is 0. The summed E-state index contributed by atoms with van der Waals surface area (Å²) in [5.74, 6) is 0.720. The summed E-state index contributed by atoms with van der Waals surface area (Å²) >= 11 is 2.47. The van der Waals surface area contributed by atoms with E-state index in [4.69, 9.17) is 4.74 Å². The van der Waals surface area contributed by atoms with Gasteiger partial charge in [0, 0.05) is 6.54 Å². The minimum atomic E-state index is -3.71. The van der Waals surface area contributed by atoms with E-state index in [2.05, 4.69) is 11.0 Å². The number of benzene rings is 1. The van der Waals surface area contributed by atoms with Gasteiger partial charge in [0.1, 0.15) is 9.96 Å². The van der Waals surface area contributed by atoms with Crippen molar-refractivity contribution in [1.29, 1.82) is 0 Å². The number of nitrogens with zero attached hydrogens (tertiary/aromatic N) is 2. The summed E-state index contributed by atoms with van der Waals surface area (Å²) < 4.78 is 37.0. The molecule has 0 aliphatic rings. The first-order valence-corrected chi connectivity index (χ1v) is 9.81. The van der Waals surface area contributed by atoms with Gasteiger partial charge in [-0.1, -0.05) is 23.5 Å². The van der Waals surface area contributed by atoms with E-state index >= 15 is 0 Å². The van der Waals surface area contributed by atoms with E-state index in [-0.39, 0.29) is 4.21 Å². The summed E-state index contributed by atoms with van der Waals surface area (Å²) in [5, 5.41) is 1.72. The Morgan fingerprint density at radius 1 is 1.39 bits per heavy atom. The molecule has 3 rings (SSSR count). The summed E-state index contributed by atoms with van der Waals surface area (Å²) in [5.41, 5.74) is 0.899. The van der Waals surface area contributed by atoms with Crippen molar-refractivity contribution >= 4 is 42.9 Å². The number of thiophene rings is 1. The first-order chi connectivity index (χ1) is 11.0. The quantitative estimate of drug-likeness (QED) is 0.651. The molecule has 8 heteroatoms. The second-order valence-electron chi connectivity index (χ2n) is 4.62. The molecule has 5 nitrogen and oxygen atoms in total. The molecule has 2 aromatic heterocycles. The summed E-state index contributed by atoms with van der Waals surface area (Å²) in [6.45, 7) is 4.21. The normalized spacial score (nSPS) is 12.7. The monoisotopic (exact) mass is 366 g/mol. The first-order valence-electron chi connectivity index (χ1n) is 6.68. The molecule has 0 saturated heterocycles. The number of thiazole rings is 1. The molecule has 0 fully saturated rings. The van der Waals surface area contributed by atoms with E-state index in [1.165, 1.54) is 11.3 Å². The van der Waals surface area contributed by atoms with Crippen molar-refractivity contribution in [2.45, 2.75) is 10.8 Å². The molecule has 0 amide bonds. The lowest BCUT2D eigenvalue weighted by Gasteiger charge is -2.02. The molecule has 0 atom stereocenters. The number of hydrogen-bond acceptors (Lipinski definition) is 5. The van der Waals surface area contributed by atoms with Gasteiger partial charge in [-0.15, -0.1) is 22.3 Å². The Bertz CT molecular complexity index is 1010. The number of aromatic nitrogens is 1. The maximum Gasteiger partial charge on any atom is 0.294 e. The highest BCUT2D eigenvalue weighted by Gasteiger charge is 2.15. The zero-order chi connectivity index (χ0) is 16.4. The SMILES string of the molecule is C=CCn1c(=NS(=O)(=O)c2cccs2)sc2cc(OC)ccc21. The zero-order valence-corrected chi connectivity index (χ0v) is 14.7. The third-order valence-corrected chi connectivity index (χ3v) is 6.95. The van der Waals surface area contributed by atoms with E-state index in [9.17, 15) is 8.42 Å². The first kappa shape index (κ1) is 16.0. The molecule has 0 aliphatic heterocycles. The van der Waals surface area contributed by atoms with Gasteiger partial charge in [-0.25, -0.2) is 0 Å². The van der Waals surface area contributed by atoms with Gasteiger partial charge in [0.2, 0.25) is 4.80 Å². The summed E-state index contributed by atoms with van der Waals surface area (Å²) in [4.78, 5) is 0.418. The van der Waals surface area contributed by atoms with E-state index in [0.29, 0.717) is 11.3 Å². The van der Waals surface area contributed by atoms with Crippen LogP contribution in [0, 0.1) is 0 Å². The van der Waals surface area contributed by atoms with Crippen LogP contribution in [0.5, 0.6) is 5.75 Å². The minimum Gasteiger partial charge on any atom is -0.497 e. The van der Waals surface area contributed by atoms with Gasteiger partial charge in [-0.2, -0.15) is 8.42 Å². The fraction of sp³-hybridized carbons (Fsp3) is 0.133. The van der Waals surface area contributed by atoms with Crippen molar-refractivity contribution in [3.8, 4) is 5.75 Å². The molecule has 1 aromatic carbocycles. The van der Waals surface area contributed by atoms with Crippen LogP contribution in [0.4, 0.5) is 0 Å². The molecule has 0 aliphatic carbocycles. The number of allylic oxidation sites excluding steroid dienone is 1. The predicted octanol–water partition coefficient (Wildman–Crippen LogP) is 3.25. The van der Waals surface area contributed by atoms with Gasteiger partial charge < -0.3 is 9.30 Å². The topological polar surface area (TPSA) is 60.7 Å². The highest BCUT2D eigenvalue weighted by atomic mass is 32.2. The summed E-state index contributed by atoms with van der Waals surface area (Å²) in [6, 6.07) is 8.85. The smallest absolute Gasteiger partial charge is 0.294 e. The molecule has 0 bridgehead atoms. The highest BCUT2D eigenvalue weighted by molar-refractivity contribution is 7.92. The van der Waals surface area contributed by atoms with Gasteiger partial charge in [0.15, 0.2) is 0 Å².